The van der Waals surface area contributed by atoms with Crippen molar-refractivity contribution in [3.63, 3.8) is 0 Å². The maximum Gasteiger partial charge on any atom is 0.220 e. The van der Waals surface area contributed by atoms with E-state index in [1.54, 1.807) is 7.11 Å². The summed E-state index contributed by atoms with van der Waals surface area (Å²) in [7, 11) is 1.67. The van der Waals surface area contributed by atoms with Crippen molar-refractivity contribution in [1.29, 1.82) is 0 Å². The Morgan fingerprint density at radius 1 is 1.27 bits per heavy atom. The van der Waals surface area contributed by atoms with Gasteiger partial charge in [0, 0.05) is 31.6 Å². The highest BCUT2D eigenvalue weighted by atomic mass is 16.5. The minimum absolute atomic E-state index is 0.0306. The molecular weight excluding hydrogens is 278 g/mol. The number of methoxy groups -OCH3 is 1. The van der Waals surface area contributed by atoms with Crippen LogP contribution in [-0.4, -0.2) is 32.8 Å². The molecule has 0 aliphatic carbocycles. The summed E-state index contributed by atoms with van der Waals surface area (Å²) in [5, 5.41) is 3.13. The summed E-state index contributed by atoms with van der Waals surface area (Å²) in [5.41, 5.74) is 1.22. The normalized spacial score (nSPS) is 17.3. The fourth-order valence-corrected chi connectivity index (χ4v) is 2.98. The molecule has 1 aliphatic rings. The Morgan fingerprint density at radius 3 is 2.45 bits per heavy atom. The second-order valence-corrected chi connectivity index (χ2v) is 6.50. The van der Waals surface area contributed by atoms with Crippen LogP contribution in [0.2, 0.25) is 0 Å². The lowest BCUT2D eigenvalue weighted by atomic mass is 9.74. The van der Waals surface area contributed by atoms with Crippen LogP contribution >= 0.6 is 0 Å². The first-order valence-electron chi connectivity index (χ1n) is 8.05. The topological polar surface area (TPSA) is 47.6 Å². The number of hydrogen-bond acceptors (Lipinski definition) is 3. The van der Waals surface area contributed by atoms with Crippen LogP contribution in [0.25, 0.3) is 0 Å². The second-order valence-electron chi connectivity index (χ2n) is 6.50. The molecule has 0 spiro atoms. The van der Waals surface area contributed by atoms with Gasteiger partial charge in [-0.15, -0.1) is 0 Å². The molecule has 4 nitrogen and oxygen atoms in total. The monoisotopic (exact) mass is 305 g/mol. The first-order valence-corrected chi connectivity index (χ1v) is 8.05. The van der Waals surface area contributed by atoms with Crippen molar-refractivity contribution in [3.8, 4) is 5.75 Å². The van der Waals surface area contributed by atoms with Gasteiger partial charge in [0.15, 0.2) is 0 Å². The summed E-state index contributed by atoms with van der Waals surface area (Å²) >= 11 is 0. The van der Waals surface area contributed by atoms with E-state index in [2.05, 4.69) is 31.3 Å². The van der Waals surface area contributed by atoms with Gasteiger partial charge in [0.1, 0.15) is 5.75 Å². The van der Waals surface area contributed by atoms with Crippen LogP contribution < -0.4 is 10.1 Å². The van der Waals surface area contributed by atoms with Gasteiger partial charge < -0.3 is 14.8 Å². The molecule has 1 heterocycles. The lowest BCUT2D eigenvalue weighted by Gasteiger charge is -2.38. The first-order chi connectivity index (χ1) is 10.6. The molecule has 0 radical (unpaired) electrons. The molecule has 2 rings (SSSR count). The number of rotatable bonds is 6. The van der Waals surface area contributed by atoms with E-state index in [1.807, 2.05) is 12.1 Å². The van der Waals surface area contributed by atoms with Gasteiger partial charge >= 0.3 is 0 Å². The number of nitrogens with one attached hydrogen (secondary N) is 1. The quantitative estimate of drug-likeness (QED) is 0.879. The zero-order valence-corrected chi connectivity index (χ0v) is 13.9. The van der Waals surface area contributed by atoms with Crippen molar-refractivity contribution in [2.24, 2.45) is 5.92 Å². The fourth-order valence-electron chi connectivity index (χ4n) is 2.98. The number of carbonyl (C=O) groups excluding carboxylic acids is 1. The third-order valence-electron chi connectivity index (χ3n) is 4.37. The van der Waals surface area contributed by atoms with E-state index < -0.39 is 0 Å². The van der Waals surface area contributed by atoms with Crippen molar-refractivity contribution in [2.75, 3.05) is 26.9 Å². The van der Waals surface area contributed by atoms with Crippen LogP contribution in [0.15, 0.2) is 24.3 Å². The van der Waals surface area contributed by atoms with E-state index in [1.165, 1.54) is 5.56 Å². The first kappa shape index (κ1) is 16.8. The summed E-state index contributed by atoms with van der Waals surface area (Å²) in [6.45, 7) is 6.28. The summed E-state index contributed by atoms with van der Waals surface area (Å²) in [6.07, 6.45) is 2.44. The Labute approximate surface area is 133 Å². The molecule has 0 bridgehead atoms. The summed E-state index contributed by atoms with van der Waals surface area (Å²) in [5.74, 6) is 1.37. The minimum atomic E-state index is -0.0306. The van der Waals surface area contributed by atoms with Crippen molar-refractivity contribution in [2.45, 2.75) is 38.5 Å². The third-order valence-corrected chi connectivity index (χ3v) is 4.37. The minimum Gasteiger partial charge on any atom is -0.497 e. The molecule has 1 aromatic rings. The highest BCUT2D eigenvalue weighted by molar-refractivity contribution is 5.76. The largest absolute Gasteiger partial charge is 0.497 e. The lowest BCUT2D eigenvalue weighted by molar-refractivity contribution is -0.122. The predicted octanol–water partition coefficient (Wildman–Crippen LogP) is 2.91. The summed E-state index contributed by atoms with van der Waals surface area (Å²) in [4.78, 5) is 12.0. The SMILES string of the molecule is COc1ccc(C2(CNC(=O)CC(C)C)CCOCC2)cc1. The molecule has 1 amide bonds. The maximum absolute atomic E-state index is 12.0. The fraction of sp³-hybridized carbons (Fsp3) is 0.611. The van der Waals surface area contributed by atoms with E-state index in [-0.39, 0.29) is 11.3 Å². The van der Waals surface area contributed by atoms with E-state index in [9.17, 15) is 4.79 Å². The number of carbonyl (C=O) groups is 1. The molecule has 122 valence electrons. The number of hydrogen-bond donors (Lipinski definition) is 1. The Hall–Kier alpha value is -1.55. The summed E-state index contributed by atoms with van der Waals surface area (Å²) < 4.78 is 10.8. The molecular formula is C18H27NO3. The molecule has 1 N–H and O–H groups in total. The van der Waals surface area contributed by atoms with Gasteiger partial charge in [-0.25, -0.2) is 0 Å². The standard InChI is InChI=1S/C18H27NO3/c1-14(2)12-17(20)19-13-18(8-10-22-11-9-18)15-4-6-16(21-3)7-5-15/h4-7,14H,8-13H2,1-3H3,(H,19,20). The van der Waals surface area contributed by atoms with Crippen LogP contribution in [0.3, 0.4) is 0 Å². The molecule has 1 saturated heterocycles. The smallest absolute Gasteiger partial charge is 0.220 e. The van der Waals surface area contributed by atoms with Crippen LogP contribution in [-0.2, 0) is 14.9 Å². The van der Waals surface area contributed by atoms with Crippen molar-refractivity contribution in [3.05, 3.63) is 29.8 Å². The van der Waals surface area contributed by atoms with Gasteiger partial charge in [-0.05, 0) is 36.5 Å². The highest BCUT2D eigenvalue weighted by Crippen LogP contribution is 2.35. The van der Waals surface area contributed by atoms with E-state index >= 15 is 0 Å². The molecule has 1 fully saturated rings. The van der Waals surface area contributed by atoms with Gasteiger partial charge in [-0.1, -0.05) is 26.0 Å². The number of benzene rings is 1. The number of ether oxygens (including phenoxy) is 2. The molecule has 0 saturated carbocycles. The Kier molecular flexibility index (Phi) is 5.83. The van der Waals surface area contributed by atoms with Gasteiger partial charge in [-0.3, -0.25) is 4.79 Å². The van der Waals surface area contributed by atoms with Crippen molar-refractivity contribution >= 4 is 5.91 Å². The second kappa shape index (κ2) is 7.63. The molecule has 22 heavy (non-hydrogen) atoms. The average molecular weight is 305 g/mol. The molecule has 0 aromatic heterocycles. The zero-order chi connectivity index (χ0) is 16.0. The molecule has 4 heteroatoms. The molecule has 1 aliphatic heterocycles. The van der Waals surface area contributed by atoms with Crippen LogP contribution in [0.5, 0.6) is 5.75 Å². The van der Waals surface area contributed by atoms with Crippen LogP contribution in [0.1, 0.15) is 38.7 Å². The van der Waals surface area contributed by atoms with Gasteiger partial charge in [0.05, 0.1) is 7.11 Å². The molecule has 0 unspecified atom stereocenters. The zero-order valence-electron chi connectivity index (χ0n) is 13.9. The third kappa shape index (κ3) is 4.23. The van der Waals surface area contributed by atoms with E-state index in [4.69, 9.17) is 9.47 Å². The van der Waals surface area contributed by atoms with Gasteiger partial charge in [0.2, 0.25) is 5.91 Å². The summed E-state index contributed by atoms with van der Waals surface area (Å²) in [6, 6.07) is 8.20. The molecule has 1 aromatic carbocycles. The van der Waals surface area contributed by atoms with Crippen LogP contribution in [0.4, 0.5) is 0 Å². The number of amides is 1. The predicted molar refractivity (Wildman–Crippen MR) is 87.2 cm³/mol. The highest BCUT2D eigenvalue weighted by Gasteiger charge is 2.34. The average Bonchev–Trinajstić information content (AvgIpc) is 2.53. The van der Waals surface area contributed by atoms with Gasteiger partial charge in [0.25, 0.3) is 0 Å². The van der Waals surface area contributed by atoms with Crippen molar-refractivity contribution < 1.29 is 14.3 Å². The van der Waals surface area contributed by atoms with Gasteiger partial charge in [-0.2, -0.15) is 0 Å². The Morgan fingerprint density at radius 2 is 1.91 bits per heavy atom. The van der Waals surface area contributed by atoms with E-state index in [0.29, 0.717) is 18.9 Å². The van der Waals surface area contributed by atoms with Crippen molar-refractivity contribution in [1.82, 2.24) is 5.32 Å². The molecule has 0 atom stereocenters. The Bertz CT molecular complexity index is 476. The maximum atomic E-state index is 12.0. The lowest BCUT2D eigenvalue weighted by Crippen LogP contribution is -2.44. The van der Waals surface area contributed by atoms with Crippen LogP contribution in [0, 0.1) is 5.92 Å². The Balaban J connectivity index is 2.11. The van der Waals surface area contributed by atoms with E-state index in [0.717, 1.165) is 31.8 Å².